The lowest BCUT2D eigenvalue weighted by Gasteiger charge is -2.12. The summed E-state index contributed by atoms with van der Waals surface area (Å²) in [5, 5.41) is 19.5. The van der Waals surface area contributed by atoms with Crippen molar-refractivity contribution in [3.63, 3.8) is 0 Å². The molecule has 1 atom stereocenters. The summed E-state index contributed by atoms with van der Waals surface area (Å²) in [6.07, 6.45) is 5.85. The van der Waals surface area contributed by atoms with Crippen molar-refractivity contribution in [2.24, 2.45) is 0 Å². The Hall–Kier alpha value is -1.59. The summed E-state index contributed by atoms with van der Waals surface area (Å²) in [5.41, 5.74) is 0. The fraction of sp³-hybridized carbons (Fsp3) is 0.769. The zero-order valence-electron chi connectivity index (χ0n) is 11.4. The van der Waals surface area contributed by atoms with E-state index in [1.807, 2.05) is 0 Å². The average Bonchev–Trinajstić information content (AvgIpc) is 2.32. The molecule has 0 aromatic rings. The lowest BCUT2D eigenvalue weighted by molar-refractivity contribution is -0.147. The van der Waals surface area contributed by atoms with Crippen LogP contribution in [0.2, 0.25) is 0 Å². The third-order valence-electron chi connectivity index (χ3n) is 2.77. The number of carbonyl (C=O) groups is 3. The van der Waals surface area contributed by atoms with Crippen molar-refractivity contribution in [2.75, 3.05) is 0 Å². The van der Waals surface area contributed by atoms with Gasteiger partial charge in [-0.2, -0.15) is 0 Å². The van der Waals surface area contributed by atoms with Crippen molar-refractivity contribution in [1.82, 2.24) is 5.32 Å². The first-order valence-corrected chi connectivity index (χ1v) is 6.71. The number of carboxylic acid groups (broad SMARTS) is 2. The molecule has 1 amide bonds. The van der Waals surface area contributed by atoms with Gasteiger partial charge in [-0.05, 0) is 6.42 Å². The van der Waals surface area contributed by atoms with Gasteiger partial charge in [0.2, 0.25) is 5.91 Å². The lowest BCUT2D eigenvalue weighted by Crippen LogP contribution is -2.42. The lowest BCUT2D eigenvalue weighted by atomic mass is 10.1. The largest absolute Gasteiger partial charge is 0.481 e. The number of carbonyl (C=O) groups excluding carboxylic acids is 1. The Kier molecular flexibility index (Phi) is 9.48. The summed E-state index contributed by atoms with van der Waals surface area (Å²) < 4.78 is 0. The molecular formula is C13H23NO5. The van der Waals surface area contributed by atoms with Gasteiger partial charge in [-0.25, -0.2) is 4.79 Å². The monoisotopic (exact) mass is 273 g/mol. The van der Waals surface area contributed by atoms with Crippen molar-refractivity contribution in [2.45, 2.75) is 64.3 Å². The molecule has 0 radical (unpaired) electrons. The summed E-state index contributed by atoms with van der Waals surface area (Å²) in [6.45, 7) is 2.13. The Bertz CT molecular complexity index is 303. The van der Waals surface area contributed by atoms with Crippen LogP contribution >= 0.6 is 0 Å². The standard InChI is InChI=1S/C13H23NO5/c1-2-3-4-5-6-7-8-11(15)14-10(13(18)19)9-12(16)17/h10H,2-9H2,1H3,(H,14,15)(H,16,17)(H,18,19)/t10-/m0/s1. The molecule has 3 N–H and O–H groups in total. The Morgan fingerprint density at radius 1 is 1.00 bits per heavy atom. The highest BCUT2D eigenvalue weighted by molar-refractivity contribution is 5.86. The number of amides is 1. The van der Waals surface area contributed by atoms with Crippen LogP contribution in [0.4, 0.5) is 0 Å². The van der Waals surface area contributed by atoms with Crippen molar-refractivity contribution in [3.05, 3.63) is 0 Å². The summed E-state index contributed by atoms with van der Waals surface area (Å²) in [7, 11) is 0. The normalized spacial score (nSPS) is 11.8. The average molecular weight is 273 g/mol. The van der Waals surface area contributed by atoms with E-state index in [1.165, 1.54) is 6.42 Å². The van der Waals surface area contributed by atoms with Crippen molar-refractivity contribution < 1.29 is 24.6 Å². The number of rotatable bonds is 11. The fourth-order valence-electron chi connectivity index (χ4n) is 1.71. The molecule has 0 unspecified atom stereocenters. The van der Waals surface area contributed by atoms with Crippen LogP contribution in [-0.2, 0) is 14.4 Å². The Morgan fingerprint density at radius 2 is 1.58 bits per heavy atom. The predicted molar refractivity (Wildman–Crippen MR) is 69.8 cm³/mol. The molecule has 6 heteroatoms. The molecule has 0 saturated heterocycles. The number of hydrogen-bond donors (Lipinski definition) is 3. The van der Waals surface area contributed by atoms with E-state index in [0.717, 1.165) is 25.7 Å². The van der Waals surface area contributed by atoms with Gasteiger partial charge in [0.15, 0.2) is 0 Å². The molecular weight excluding hydrogens is 250 g/mol. The number of carboxylic acids is 2. The quantitative estimate of drug-likeness (QED) is 0.498. The summed E-state index contributed by atoms with van der Waals surface area (Å²) in [6, 6.07) is -1.34. The van der Waals surface area contributed by atoms with Crippen LogP contribution in [0.15, 0.2) is 0 Å². The Morgan fingerprint density at radius 3 is 2.11 bits per heavy atom. The van der Waals surface area contributed by atoms with E-state index in [9.17, 15) is 14.4 Å². The SMILES string of the molecule is CCCCCCCCC(=O)N[C@@H](CC(=O)O)C(=O)O. The molecule has 0 spiro atoms. The maximum absolute atomic E-state index is 11.5. The van der Waals surface area contributed by atoms with Crippen molar-refractivity contribution in [3.8, 4) is 0 Å². The molecule has 19 heavy (non-hydrogen) atoms. The topological polar surface area (TPSA) is 104 Å². The smallest absolute Gasteiger partial charge is 0.326 e. The minimum absolute atomic E-state index is 0.246. The van der Waals surface area contributed by atoms with E-state index in [4.69, 9.17) is 10.2 Å². The van der Waals surface area contributed by atoms with E-state index in [1.54, 1.807) is 0 Å². The zero-order chi connectivity index (χ0) is 14.7. The molecule has 0 aliphatic heterocycles. The van der Waals surface area contributed by atoms with Crippen LogP contribution in [0.1, 0.15) is 58.3 Å². The summed E-state index contributed by atoms with van der Waals surface area (Å²) >= 11 is 0. The number of aliphatic carboxylic acids is 2. The fourth-order valence-corrected chi connectivity index (χ4v) is 1.71. The molecule has 0 rings (SSSR count). The van der Waals surface area contributed by atoms with Gasteiger partial charge in [0, 0.05) is 6.42 Å². The van der Waals surface area contributed by atoms with Gasteiger partial charge in [-0.15, -0.1) is 0 Å². The molecule has 6 nitrogen and oxygen atoms in total. The minimum Gasteiger partial charge on any atom is -0.481 e. The molecule has 110 valence electrons. The predicted octanol–water partition coefficient (Wildman–Crippen LogP) is 1.78. The van der Waals surface area contributed by atoms with Crippen molar-refractivity contribution >= 4 is 17.8 Å². The summed E-state index contributed by atoms with van der Waals surface area (Å²) in [4.78, 5) is 32.6. The van der Waals surface area contributed by atoms with E-state index >= 15 is 0 Å². The van der Waals surface area contributed by atoms with E-state index in [0.29, 0.717) is 6.42 Å². The Labute approximate surface area is 113 Å². The van der Waals surface area contributed by atoms with Gasteiger partial charge in [0.1, 0.15) is 6.04 Å². The maximum atomic E-state index is 11.5. The van der Waals surface area contributed by atoms with Crippen molar-refractivity contribution in [1.29, 1.82) is 0 Å². The van der Waals surface area contributed by atoms with Crippen LogP contribution < -0.4 is 5.32 Å². The molecule has 0 heterocycles. The first-order valence-electron chi connectivity index (χ1n) is 6.71. The highest BCUT2D eigenvalue weighted by atomic mass is 16.4. The van der Waals surface area contributed by atoms with Crippen LogP contribution in [-0.4, -0.2) is 34.1 Å². The number of nitrogens with one attached hydrogen (secondary N) is 1. The van der Waals surface area contributed by atoms with Gasteiger partial charge in [0.25, 0.3) is 0 Å². The van der Waals surface area contributed by atoms with E-state index in [-0.39, 0.29) is 6.42 Å². The van der Waals surface area contributed by atoms with Gasteiger partial charge in [-0.1, -0.05) is 39.0 Å². The van der Waals surface area contributed by atoms with Crippen LogP contribution in [0, 0.1) is 0 Å². The Balaban J connectivity index is 3.81. The first kappa shape index (κ1) is 17.4. The summed E-state index contributed by atoms with van der Waals surface area (Å²) in [5.74, 6) is -2.96. The minimum atomic E-state index is -1.34. The van der Waals surface area contributed by atoms with Crippen LogP contribution in [0.3, 0.4) is 0 Å². The van der Waals surface area contributed by atoms with E-state index in [2.05, 4.69) is 12.2 Å². The highest BCUT2D eigenvalue weighted by Crippen LogP contribution is 2.07. The molecule has 0 saturated carbocycles. The zero-order valence-corrected chi connectivity index (χ0v) is 11.4. The molecule has 0 bridgehead atoms. The second-order valence-corrected chi connectivity index (χ2v) is 4.57. The maximum Gasteiger partial charge on any atom is 0.326 e. The van der Waals surface area contributed by atoms with Gasteiger partial charge < -0.3 is 15.5 Å². The second kappa shape index (κ2) is 10.3. The molecule has 0 aliphatic carbocycles. The number of unbranched alkanes of at least 4 members (excludes halogenated alkanes) is 5. The van der Waals surface area contributed by atoms with Gasteiger partial charge in [-0.3, -0.25) is 9.59 Å². The highest BCUT2D eigenvalue weighted by Gasteiger charge is 2.22. The van der Waals surface area contributed by atoms with E-state index < -0.39 is 30.3 Å². The van der Waals surface area contributed by atoms with Crippen LogP contribution in [0.5, 0.6) is 0 Å². The van der Waals surface area contributed by atoms with Crippen LogP contribution in [0.25, 0.3) is 0 Å². The molecule has 0 aromatic heterocycles. The molecule has 0 fully saturated rings. The second-order valence-electron chi connectivity index (χ2n) is 4.57. The molecule has 0 aliphatic rings. The number of hydrogen-bond acceptors (Lipinski definition) is 3. The molecule has 0 aromatic carbocycles. The van der Waals surface area contributed by atoms with Gasteiger partial charge >= 0.3 is 11.9 Å². The third-order valence-corrected chi connectivity index (χ3v) is 2.77. The third kappa shape index (κ3) is 10.1. The van der Waals surface area contributed by atoms with Gasteiger partial charge in [0.05, 0.1) is 6.42 Å². The first-order chi connectivity index (χ1) is 8.97.